The van der Waals surface area contributed by atoms with E-state index in [0.717, 1.165) is 44.8 Å². The minimum absolute atomic E-state index is 0.0852. The van der Waals surface area contributed by atoms with E-state index in [1.807, 2.05) is 11.0 Å². The van der Waals surface area contributed by atoms with Crippen molar-refractivity contribution in [3.63, 3.8) is 0 Å². The van der Waals surface area contributed by atoms with Crippen molar-refractivity contribution in [1.82, 2.24) is 14.9 Å². The fourth-order valence-corrected chi connectivity index (χ4v) is 3.99. The number of hydrogen-bond acceptors (Lipinski definition) is 6. The van der Waals surface area contributed by atoms with Gasteiger partial charge in [-0.25, -0.2) is 9.97 Å². The second-order valence-corrected chi connectivity index (χ2v) is 6.80. The smallest absolute Gasteiger partial charge is 0.248 e. The van der Waals surface area contributed by atoms with Gasteiger partial charge in [-0.05, 0) is 30.7 Å². The SMILES string of the molecule is COCC(=O)N1CCC2(CC1)C[C@@H](COC)N(c1ncccn1)C2. The van der Waals surface area contributed by atoms with E-state index in [1.165, 1.54) is 0 Å². The van der Waals surface area contributed by atoms with Crippen molar-refractivity contribution >= 4 is 11.9 Å². The van der Waals surface area contributed by atoms with Crippen LogP contribution in [0, 0.1) is 5.41 Å². The predicted octanol–water partition coefficient (Wildman–Crippen LogP) is 0.957. The van der Waals surface area contributed by atoms with Crippen LogP contribution in [0.3, 0.4) is 0 Å². The van der Waals surface area contributed by atoms with Gasteiger partial charge in [0.05, 0.1) is 12.6 Å². The Morgan fingerprint density at radius 2 is 1.96 bits per heavy atom. The molecule has 3 rings (SSSR count). The molecule has 24 heavy (non-hydrogen) atoms. The Kier molecular flexibility index (Phi) is 5.30. The summed E-state index contributed by atoms with van der Waals surface area (Å²) in [6.45, 7) is 3.36. The summed E-state index contributed by atoms with van der Waals surface area (Å²) in [6, 6.07) is 2.12. The summed E-state index contributed by atoms with van der Waals surface area (Å²) in [5.74, 6) is 0.858. The number of carbonyl (C=O) groups excluding carboxylic acids is 1. The molecule has 1 atom stereocenters. The van der Waals surface area contributed by atoms with E-state index in [-0.39, 0.29) is 17.9 Å². The van der Waals surface area contributed by atoms with E-state index in [2.05, 4.69) is 14.9 Å². The van der Waals surface area contributed by atoms with Crippen LogP contribution < -0.4 is 4.90 Å². The van der Waals surface area contributed by atoms with Crippen molar-refractivity contribution in [3.8, 4) is 0 Å². The van der Waals surface area contributed by atoms with Gasteiger partial charge in [0.15, 0.2) is 0 Å². The van der Waals surface area contributed by atoms with Gasteiger partial charge in [-0.2, -0.15) is 0 Å². The number of anilines is 1. The molecule has 7 heteroatoms. The zero-order valence-corrected chi connectivity index (χ0v) is 14.5. The highest BCUT2D eigenvalue weighted by Gasteiger charge is 2.46. The summed E-state index contributed by atoms with van der Waals surface area (Å²) in [4.78, 5) is 25.0. The van der Waals surface area contributed by atoms with E-state index in [9.17, 15) is 4.79 Å². The van der Waals surface area contributed by atoms with Crippen LogP contribution in [0.1, 0.15) is 19.3 Å². The van der Waals surface area contributed by atoms with E-state index < -0.39 is 0 Å². The number of aromatic nitrogens is 2. The Balaban J connectivity index is 1.68. The lowest BCUT2D eigenvalue weighted by atomic mass is 9.76. The zero-order chi connectivity index (χ0) is 17.0. The second kappa shape index (κ2) is 7.44. The number of methoxy groups -OCH3 is 2. The van der Waals surface area contributed by atoms with Crippen molar-refractivity contribution in [1.29, 1.82) is 0 Å². The molecule has 1 spiro atoms. The molecule has 0 radical (unpaired) electrons. The maximum Gasteiger partial charge on any atom is 0.248 e. The fourth-order valence-electron chi connectivity index (χ4n) is 3.99. The van der Waals surface area contributed by atoms with E-state index in [1.54, 1.807) is 26.6 Å². The molecule has 132 valence electrons. The monoisotopic (exact) mass is 334 g/mol. The van der Waals surface area contributed by atoms with Gasteiger partial charge in [0.25, 0.3) is 0 Å². The predicted molar refractivity (Wildman–Crippen MR) is 89.8 cm³/mol. The third-order valence-electron chi connectivity index (χ3n) is 5.23. The molecule has 0 bridgehead atoms. The minimum atomic E-state index is 0.0852. The first-order chi connectivity index (χ1) is 11.7. The Morgan fingerprint density at radius 3 is 2.58 bits per heavy atom. The van der Waals surface area contributed by atoms with Crippen LogP contribution >= 0.6 is 0 Å². The summed E-state index contributed by atoms with van der Waals surface area (Å²) in [6.07, 6.45) is 6.63. The van der Waals surface area contributed by atoms with Crippen LogP contribution in [-0.2, 0) is 14.3 Å². The first-order valence-electron chi connectivity index (χ1n) is 8.47. The van der Waals surface area contributed by atoms with Gasteiger partial charge in [0.2, 0.25) is 11.9 Å². The number of piperidine rings is 1. The van der Waals surface area contributed by atoms with E-state index in [4.69, 9.17) is 9.47 Å². The van der Waals surface area contributed by atoms with Crippen molar-refractivity contribution < 1.29 is 14.3 Å². The summed E-state index contributed by atoms with van der Waals surface area (Å²) in [5.41, 5.74) is 0.215. The van der Waals surface area contributed by atoms with Crippen LogP contribution in [0.25, 0.3) is 0 Å². The molecular weight excluding hydrogens is 308 g/mol. The number of amides is 1. The molecule has 0 aliphatic carbocycles. The Labute approximate surface area is 143 Å². The average molecular weight is 334 g/mol. The molecule has 0 aromatic carbocycles. The number of likely N-dealkylation sites (tertiary alicyclic amines) is 1. The number of ether oxygens (including phenoxy) is 2. The largest absolute Gasteiger partial charge is 0.383 e. The first-order valence-corrected chi connectivity index (χ1v) is 8.47. The Bertz CT molecular complexity index is 546. The molecule has 1 amide bonds. The highest BCUT2D eigenvalue weighted by Crippen LogP contribution is 2.44. The lowest BCUT2D eigenvalue weighted by Crippen LogP contribution is -2.45. The van der Waals surface area contributed by atoms with Gasteiger partial charge < -0.3 is 19.3 Å². The van der Waals surface area contributed by atoms with Gasteiger partial charge >= 0.3 is 0 Å². The maximum absolute atomic E-state index is 12.0. The zero-order valence-electron chi connectivity index (χ0n) is 14.5. The Morgan fingerprint density at radius 1 is 1.25 bits per heavy atom. The van der Waals surface area contributed by atoms with Crippen molar-refractivity contribution in [2.45, 2.75) is 25.3 Å². The number of nitrogens with zero attached hydrogens (tertiary/aromatic N) is 4. The number of rotatable bonds is 5. The van der Waals surface area contributed by atoms with Crippen LogP contribution in [-0.4, -0.2) is 73.9 Å². The molecule has 0 unspecified atom stereocenters. The molecule has 3 heterocycles. The summed E-state index contributed by atoms with van der Waals surface area (Å²) in [5, 5.41) is 0. The standard InChI is InChI=1S/C17H26N4O3/c1-23-11-14-10-17(13-21(14)16-18-6-3-7-19-16)4-8-20(9-5-17)15(22)12-24-2/h3,6-7,14H,4-5,8-13H2,1-2H3/t14-/m0/s1. The van der Waals surface area contributed by atoms with E-state index in [0.29, 0.717) is 12.6 Å². The van der Waals surface area contributed by atoms with Gasteiger partial charge in [-0.15, -0.1) is 0 Å². The summed E-state index contributed by atoms with van der Waals surface area (Å²) < 4.78 is 10.4. The van der Waals surface area contributed by atoms with Crippen LogP contribution in [0.2, 0.25) is 0 Å². The normalized spacial score (nSPS) is 23.0. The highest BCUT2D eigenvalue weighted by molar-refractivity contribution is 5.77. The molecule has 2 fully saturated rings. The van der Waals surface area contributed by atoms with Gasteiger partial charge in [0, 0.05) is 46.2 Å². The molecule has 1 aromatic heterocycles. The maximum atomic E-state index is 12.0. The molecule has 2 aliphatic heterocycles. The number of carbonyl (C=O) groups is 1. The first kappa shape index (κ1) is 17.1. The summed E-state index contributed by atoms with van der Waals surface area (Å²) in [7, 11) is 3.30. The van der Waals surface area contributed by atoms with Gasteiger partial charge in [-0.3, -0.25) is 4.79 Å². The number of hydrogen-bond donors (Lipinski definition) is 0. The van der Waals surface area contributed by atoms with Gasteiger partial charge in [-0.1, -0.05) is 0 Å². The highest BCUT2D eigenvalue weighted by atomic mass is 16.5. The van der Waals surface area contributed by atoms with Crippen LogP contribution in [0.15, 0.2) is 18.5 Å². The summed E-state index contributed by atoms with van der Waals surface area (Å²) >= 11 is 0. The minimum Gasteiger partial charge on any atom is -0.383 e. The van der Waals surface area contributed by atoms with Crippen molar-refractivity contribution in [3.05, 3.63) is 18.5 Å². The molecule has 0 N–H and O–H groups in total. The lowest BCUT2D eigenvalue weighted by Gasteiger charge is -2.39. The molecule has 1 aromatic rings. The Hall–Kier alpha value is -1.73. The van der Waals surface area contributed by atoms with E-state index >= 15 is 0 Å². The lowest BCUT2D eigenvalue weighted by molar-refractivity contribution is -0.137. The van der Waals surface area contributed by atoms with Crippen molar-refractivity contribution in [2.75, 3.05) is 52.0 Å². The van der Waals surface area contributed by atoms with Crippen molar-refractivity contribution in [2.24, 2.45) is 5.41 Å². The van der Waals surface area contributed by atoms with Crippen LogP contribution in [0.5, 0.6) is 0 Å². The molecule has 0 saturated carbocycles. The van der Waals surface area contributed by atoms with Gasteiger partial charge in [0.1, 0.15) is 6.61 Å². The second-order valence-electron chi connectivity index (χ2n) is 6.80. The molecular formula is C17H26N4O3. The fraction of sp³-hybridized carbons (Fsp3) is 0.706. The average Bonchev–Trinajstić information content (AvgIpc) is 2.95. The molecule has 2 saturated heterocycles. The molecule has 2 aliphatic rings. The molecule has 7 nitrogen and oxygen atoms in total. The quantitative estimate of drug-likeness (QED) is 0.799. The third-order valence-corrected chi connectivity index (χ3v) is 5.23. The topological polar surface area (TPSA) is 67.8 Å². The third kappa shape index (κ3) is 3.52. The van der Waals surface area contributed by atoms with Crippen LogP contribution in [0.4, 0.5) is 5.95 Å².